The van der Waals surface area contributed by atoms with Gasteiger partial charge in [0.1, 0.15) is 5.82 Å². The lowest BCUT2D eigenvalue weighted by Gasteiger charge is -2.30. The Bertz CT molecular complexity index is 634. The predicted molar refractivity (Wildman–Crippen MR) is 84.0 cm³/mol. The van der Waals surface area contributed by atoms with Crippen LogP contribution in [0.2, 0.25) is 0 Å². The van der Waals surface area contributed by atoms with Crippen molar-refractivity contribution in [2.75, 3.05) is 13.1 Å². The molecule has 1 aliphatic heterocycles. The van der Waals surface area contributed by atoms with Crippen LogP contribution in [0.15, 0.2) is 36.4 Å². The first-order chi connectivity index (χ1) is 10.1. The standard InChI is InChI=1S/C17H18FNOS/c1-12-3-2-10-19(11-12)17(20)16-9-8-15(21-16)13-4-6-14(18)7-5-13/h4-9,12H,2-3,10-11H2,1H3. The molecule has 2 heterocycles. The molecule has 2 nitrogen and oxygen atoms in total. The van der Waals surface area contributed by atoms with Crippen LogP contribution in [0.4, 0.5) is 4.39 Å². The van der Waals surface area contributed by atoms with Crippen LogP contribution in [-0.2, 0) is 0 Å². The minimum Gasteiger partial charge on any atom is -0.338 e. The summed E-state index contributed by atoms with van der Waals surface area (Å²) >= 11 is 1.48. The Balaban J connectivity index is 1.78. The van der Waals surface area contributed by atoms with Crippen LogP contribution >= 0.6 is 11.3 Å². The quantitative estimate of drug-likeness (QED) is 0.804. The van der Waals surface area contributed by atoms with Gasteiger partial charge in [-0.2, -0.15) is 0 Å². The van der Waals surface area contributed by atoms with Crippen molar-refractivity contribution in [2.45, 2.75) is 19.8 Å². The highest BCUT2D eigenvalue weighted by atomic mass is 32.1. The molecule has 0 radical (unpaired) electrons. The Morgan fingerprint density at radius 3 is 2.71 bits per heavy atom. The molecular formula is C17H18FNOS. The van der Waals surface area contributed by atoms with Gasteiger partial charge in [-0.1, -0.05) is 19.1 Å². The van der Waals surface area contributed by atoms with E-state index in [9.17, 15) is 9.18 Å². The van der Waals surface area contributed by atoms with E-state index in [1.807, 2.05) is 17.0 Å². The second-order valence-electron chi connectivity index (χ2n) is 5.67. The van der Waals surface area contributed by atoms with Crippen LogP contribution in [0, 0.1) is 11.7 Å². The number of carbonyl (C=O) groups excluding carboxylic acids is 1. The van der Waals surface area contributed by atoms with E-state index in [2.05, 4.69) is 6.92 Å². The fourth-order valence-electron chi connectivity index (χ4n) is 2.75. The fraction of sp³-hybridized carbons (Fsp3) is 0.353. The van der Waals surface area contributed by atoms with Gasteiger partial charge in [-0.05, 0) is 48.6 Å². The zero-order valence-corrected chi connectivity index (χ0v) is 12.8. The third-order valence-electron chi connectivity index (χ3n) is 3.89. The summed E-state index contributed by atoms with van der Waals surface area (Å²) in [6.45, 7) is 3.90. The summed E-state index contributed by atoms with van der Waals surface area (Å²) in [4.78, 5) is 16.2. The van der Waals surface area contributed by atoms with Crippen LogP contribution in [0.25, 0.3) is 10.4 Å². The first-order valence-electron chi connectivity index (χ1n) is 7.28. The summed E-state index contributed by atoms with van der Waals surface area (Å²) in [6.07, 6.45) is 2.29. The molecule has 0 spiro atoms. The highest BCUT2D eigenvalue weighted by Crippen LogP contribution is 2.29. The number of carbonyl (C=O) groups is 1. The smallest absolute Gasteiger partial charge is 0.263 e. The summed E-state index contributed by atoms with van der Waals surface area (Å²) in [5, 5.41) is 0. The van der Waals surface area contributed by atoms with Crippen LogP contribution < -0.4 is 0 Å². The normalized spacial score (nSPS) is 18.8. The van der Waals surface area contributed by atoms with E-state index in [-0.39, 0.29) is 11.7 Å². The van der Waals surface area contributed by atoms with Crippen molar-refractivity contribution in [3.8, 4) is 10.4 Å². The molecule has 1 fully saturated rings. The van der Waals surface area contributed by atoms with Gasteiger partial charge >= 0.3 is 0 Å². The molecule has 3 rings (SSSR count). The number of likely N-dealkylation sites (tertiary alicyclic amines) is 1. The van der Waals surface area contributed by atoms with Crippen LogP contribution in [0.1, 0.15) is 29.4 Å². The molecule has 0 aliphatic carbocycles. The number of nitrogens with zero attached hydrogens (tertiary/aromatic N) is 1. The Morgan fingerprint density at radius 2 is 2.00 bits per heavy atom. The van der Waals surface area contributed by atoms with Crippen molar-refractivity contribution in [3.05, 3.63) is 47.1 Å². The van der Waals surface area contributed by atoms with E-state index in [4.69, 9.17) is 0 Å². The van der Waals surface area contributed by atoms with Crippen LogP contribution in [-0.4, -0.2) is 23.9 Å². The lowest BCUT2D eigenvalue weighted by molar-refractivity contribution is 0.0688. The molecule has 4 heteroatoms. The van der Waals surface area contributed by atoms with E-state index >= 15 is 0 Å². The molecule has 1 unspecified atom stereocenters. The summed E-state index contributed by atoms with van der Waals surface area (Å²) in [7, 11) is 0. The van der Waals surface area contributed by atoms with Crippen molar-refractivity contribution in [1.29, 1.82) is 0 Å². The number of hydrogen-bond donors (Lipinski definition) is 0. The molecule has 1 aliphatic rings. The number of thiophene rings is 1. The Kier molecular flexibility index (Phi) is 4.06. The third kappa shape index (κ3) is 3.16. The van der Waals surface area contributed by atoms with Crippen LogP contribution in [0.5, 0.6) is 0 Å². The van der Waals surface area contributed by atoms with E-state index in [0.717, 1.165) is 34.8 Å². The molecule has 0 N–H and O–H groups in total. The highest BCUT2D eigenvalue weighted by Gasteiger charge is 2.23. The first kappa shape index (κ1) is 14.3. The second-order valence-corrected chi connectivity index (χ2v) is 6.75. The van der Waals surface area contributed by atoms with E-state index < -0.39 is 0 Å². The third-order valence-corrected chi connectivity index (χ3v) is 5.01. The Morgan fingerprint density at radius 1 is 1.24 bits per heavy atom. The van der Waals surface area contributed by atoms with E-state index in [1.165, 1.54) is 29.9 Å². The van der Waals surface area contributed by atoms with Crippen molar-refractivity contribution >= 4 is 17.2 Å². The number of amides is 1. The van der Waals surface area contributed by atoms with Gasteiger partial charge in [0, 0.05) is 18.0 Å². The van der Waals surface area contributed by atoms with Crippen molar-refractivity contribution < 1.29 is 9.18 Å². The van der Waals surface area contributed by atoms with Crippen molar-refractivity contribution in [3.63, 3.8) is 0 Å². The maximum absolute atomic E-state index is 13.0. The average molecular weight is 303 g/mol. The minimum absolute atomic E-state index is 0.125. The number of hydrogen-bond acceptors (Lipinski definition) is 2. The summed E-state index contributed by atoms with van der Waals surface area (Å²) < 4.78 is 13.0. The minimum atomic E-state index is -0.242. The molecule has 1 saturated heterocycles. The molecule has 1 aromatic carbocycles. The molecule has 110 valence electrons. The van der Waals surface area contributed by atoms with Gasteiger partial charge < -0.3 is 4.90 Å². The summed E-state index contributed by atoms with van der Waals surface area (Å²) in [6, 6.07) is 10.2. The van der Waals surface area contributed by atoms with Gasteiger partial charge in [0.2, 0.25) is 0 Å². The number of benzene rings is 1. The van der Waals surface area contributed by atoms with E-state index in [1.54, 1.807) is 12.1 Å². The van der Waals surface area contributed by atoms with Gasteiger partial charge in [-0.15, -0.1) is 11.3 Å². The number of halogens is 1. The number of piperidine rings is 1. The second kappa shape index (κ2) is 5.98. The molecule has 1 atom stereocenters. The zero-order valence-electron chi connectivity index (χ0n) is 12.0. The maximum Gasteiger partial charge on any atom is 0.263 e. The van der Waals surface area contributed by atoms with Crippen LogP contribution in [0.3, 0.4) is 0 Å². The predicted octanol–water partition coefficient (Wildman–Crippen LogP) is 4.43. The van der Waals surface area contributed by atoms with Gasteiger partial charge in [0.25, 0.3) is 5.91 Å². The maximum atomic E-state index is 13.0. The topological polar surface area (TPSA) is 20.3 Å². The average Bonchev–Trinajstić information content (AvgIpc) is 2.97. The monoisotopic (exact) mass is 303 g/mol. The summed E-state index contributed by atoms with van der Waals surface area (Å²) in [5.74, 6) is 0.466. The molecule has 21 heavy (non-hydrogen) atoms. The molecule has 1 amide bonds. The molecule has 0 bridgehead atoms. The van der Waals surface area contributed by atoms with Gasteiger partial charge in [-0.3, -0.25) is 4.79 Å². The number of rotatable bonds is 2. The largest absolute Gasteiger partial charge is 0.338 e. The molecule has 2 aromatic rings. The van der Waals surface area contributed by atoms with Crippen molar-refractivity contribution in [2.24, 2.45) is 5.92 Å². The Labute approximate surface area is 128 Å². The SMILES string of the molecule is CC1CCCN(C(=O)c2ccc(-c3ccc(F)cc3)s2)C1. The zero-order chi connectivity index (χ0) is 14.8. The van der Waals surface area contributed by atoms with Gasteiger partial charge in [-0.25, -0.2) is 4.39 Å². The first-order valence-corrected chi connectivity index (χ1v) is 8.10. The van der Waals surface area contributed by atoms with Gasteiger partial charge in [0.15, 0.2) is 0 Å². The van der Waals surface area contributed by atoms with Crippen molar-refractivity contribution in [1.82, 2.24) is 4.90 Å². The molecular weight excluding hydrogens is 285 g/mol. The van der Waals surface area contributed by atoms with Gasteiger partial charge in [0.05, 0.1) is 4.88 Å². The summed E-state index contributed by atoms with van der Waals surface area (Å²) in [5.41, 5.74) is 0.951. The highest BCUT2D eigenvalue weighted by molar-refractivity contribution is 7.17. The lowest BCUT2D eigenvalue weighted by Crippen LogP contribution is -2.38. The molecule has 1 aromatic heterocycles. The lowest BCUT2D eigenvalue weighted by atomic mass is 10.0. The fourth-order valence-corrected chi connectivity index (χ4v) is 3.73. The molecule has 0 saturated carbocycles. The van der Waals surface area contributed by atoms with E-state index in [0.29, 0.717) is 5.92 Å². The Hall–Kier alpha value is -1.68.